The van der Waals surface area contributed by atoms with Crippen LogP contribution < -0.4 is 4.74 Å². The van der Waals surface area contributed by atoms with Gasteiger partial charge in [-0.2, -0.15) is 13.2 Å². The molecule has 1 aromatic carbocycles. The zero-order chi connectivity index (χ0) is 15.6. The van der Waals surface area contributed by atoms with Gasteiger partial charge in [0.15, 0.2) is 0 Å². The van der Waals surface area contributed by atoms with E-state index in [1.807, 2.05) is 0 Å². The maximum Gasteiger partial charge on any atom is 0.417 e. The predicted octanol–water partition coefficient (Wildman–Crippen LogP) is 3.90. The average Bonchev–Trinajstić information content (AvgIpc) is 2.40. The lowest BCUT2D eigenvalue weighted by Gasteiger charge is -2.10. The summed E-state index contributed by atoms with van der Waals surface area (Å²) in [6.45, 7) is 1.69. The highest BCUT2D eigenvalue weighted by atomic mass is 19.4. The van der Waals surface area contributed by atoms with Crippen molar-refractivity contribution in [3.05, 3.63) is 53.2 Å². The van der Waals surface area contributed by atoms with E-state index in [4.69, 9.17) is 9.84 Å². The topological polar surface area (TPSA) is 59.4 Å². The normalized spacial score (nSPS) is 11.2. The van der Waals surface area contributed by atoms with E-state index in [9.17, 15) is 18.0 Å². The van der Waals surface area contributed by atoms with E-state index < -0.39 is 17.7 Å². The Bertz CT molecular complexity index is 666. The number of carbonyl (C=O) groups is 1. The van der Waals surface area contributed by atoms with E-state index in [0.29, 0.717) is 11.8 Å². The molecule has 0 aliphatic rings. The molecular weight excluding hydrogens is 287 g/mol. The van der Waals surface area contributed by atoms with E-state index in [0.717, 1.165) is 12.1 Å². The molecule has 0 radical (unpaired) electrons. The fourth-order valence-electron chi connectivity index (χ4n) is 1.56. The van der Waals surface area contributed by atoms with Gasteiger partial charge in [0.1, 0.15) is 5.75 Å². The number of halogens is 3. The van der Waals surface area contributed by atoms with Crippen LogP contribution in [-0.4, -0.2) is 16.1 Å². The number of pyridine rings is 1. The van der Waals surface area contributed by atoms with Crippen LogP contribution in [0.1, 0.15) is 21.5 Å². The Labute approximate surface area is 117 Å². The quantitative estimate of drug-likeness (QED) is 0.933. The van der Waals surface area contributed by atoms with Gasteiger partial charge in [-0.05, 0) is 30.7 Å². The van der Waals surface area contributed by atoms with E-state index in [1.165, 1.54) is 12.1 Å². The zero-order valence-electron chi connectivity index (χ0n) is 10.8. The Hall–Kier alpha value is -2.57. The van der Waals surface area contributed by atoms with Crippen molar-refractivity contribution < 1.29 is 27.8 Å². The van der Waals surface area contributed by atoms with Crippen molar-refractivity contribution in [3.8, 4) is 11.6 Å². The molecule has 110 valence electrons. The lowest BCUT2D eigenvalue weighted by molar-refractivity contribution is -0.137. The highest BCUT2D eigenvalue weighted by molar-refractivity contribution is 5.88. The summed E-state index contributed by atoms with van der Waals surface area (Å²) in [7, 11) is 0. The molecule has 4 nitrogen and oxygen atoms in total. The van der Waals surface area contributed by atoms with E-state index >= 15 is 0 Å². The number of hydrogen-bond donors (Lipinski definition) is 1. The average molecular weight is 297 g/mol. The number of ether oxygens (including phenoxy) is 1. The molecule has 1 aromatic heterocycles. The van der Waals surface area contributed by atoms with Crippen LogP contribution >= 0.6 is 0 Å². The standard InChI is InChI=1S/C14H10F3NO3/c1-8-2-3-9(13(19)20)6-11(8)21-12-5-4-10(7-18-12)14(15,16)17/h2-7H,1H3,(H,19,20). The van der Waals surface area contributed by atoms with Crippen molar-refractivity contribution in [2.45, 2.75) is 13.1 Å². The van der Waals surface area contributed by atoms with Crippen molar-refractivity contribution in [3.63, 3.8) is 0 Å². The fourth-order valence-corrected chi connectivity index (χ4v) is 1.56. The van der Waals surface area contributed by atoms with Gasteiger partial charge < -0.3 is 9.84 Å². The van der Waals surface area contributed by atoms with Gasteiger partial charge in [-0.1, -0.05) is 6.07 Å². The van der Waals surface area contributed by atoms with Gasteiger partial charge in [0.25, 0.3) is 0 Å². The van der Waals surface area contributed by atoms with Gasteiger partial charge in [-0.3, -0.25) is 0 Å². The first-order chi connectivity index (χ1) is 9.77. The van der Waals surface area contributed by atoms with Gasteiger partial charge in [-0.25, -0.2) is 9.78 Å². The molecule has 0 unspecified atom stereocenters. The second-order valence-electron chi connectivity index (χ2n) is 4.27. The van der Waals surface area contributed by atoms with Gasteiger partial charge in [0.2, 0.25) is 5.88 Å². The largest absolute Gasteiger partial charge is 0.478 e. The summed E-state index contributed by atoms with van der Waals surface area (Å²) in [5, 5.41) is 8.90. The molecule has 1 heterocycles. The monoisotopic (exact) mass is 297 g/mol. The molecule has 0 amide bonds. The van der Waals surface area contributed by atoms with Gasteiger partial charge in [-0.15, -0.1) is 0 Å². The van der Waals surface area contributed by atoms with E-state index in [2.05, 4.69) is 4.98 Å². The van der Waals surface area contributed by atoms with Crippen LogP contribution in [0, 0.1) is 6.92 Å². The number of benzene rings is 1. The minimum atomic E-state index is -4.47. The number of carboxylic acids is 1. The molecular formula is C14H10F3NO3. The van der Waals surface area contributed by atoms with Crippen molar-refractivity contribution in [2.24, 2.45) is 0 Å². The highest BCUT2D eigenvalue weighted by Gasteiger charge is 2.30. The molecule has 0 saturated heterocycles. The summed E-state index contributed by atoms with van der Waals surface area (Å²) in [4.78, 5) is 14.4. The van der Waals surface area contributed by atoms with Crippen molar-refractivity contribution >= 4 is 5.97 Å². The molecule has 0 saturated carbocycles. The summed E-state index contributed by atoms with van der Waals surface area (Å²) in [6, 6.07) is 6.17. The number of hydrogen-bond acceptors (Lipinski definition) is 3. The van der Waals surface area contributed by atoms with Crippen LogP contribution in [0.5, 0.6) is 11.6 Å². The number of nitrogens with zero attached hydrogens (tertiary/aromatic N) is 1. The Morgan fingerprint density at radius 1 is 1.24 bits per heavy atom. The maximum absolute atomic E-state index is 12.4. The molecule has 0 fully saturated rings. The lowest BCUT2D eigenvalue weighted by Crippen LogP contribution is -2.05. The number of aromatic carboxylic acids is 1. The highest BCUT2D eigenvalue weighted by Crippen LogP contribution is 2.30. The second kappa shape index (κ2) is 5.43. The predicted molar refractivity (Wildman–Crippen MR) is 67.5 cm³/mol. The first-order valence-corrected chi connectivity index (χ1v) is 5.82. The molecule has 21 heavy (non-hydrogen) atoms. The van der Waals surface area contributed by atoms with Crippen LogP contribution in [0.25, 0.3) is 0 Å². The van der Waals surface area contributed by atoms with Crippen molar-refractivity contribution in [2.75, 3.05) is 0 Å². The Kier molecular flexibility index (Phi) is 3.84. The number of carboxylic acid groups (broad SMARTS) is 1. The molecule has 0 bridgehead atoms. The third kappa shape index (κ3) is 3.50. The number of rotatable bonds is 3. The Morgan fingerprint density at radius 2 is 1.95 bits per heavy atom. The van der Waals surface area contributed by atoms with Crippen molar-refractivity contribution in [1.82, 2.24) is 4.98 Å². The number of aromatic nitrogens is 1. The SMILES string of the molecule is Cc1ccc(C(=O)O)cc1Oc1ccc(C(F)(F)F)cn1. The zero-order valence-corrected chi connectivity index (χ0v) is 10.8. The molecule has 2 aromatic rings. The lowest BCUT2D eigenvalue weighted by atomic mass is 10.1. The van der Waals surface area contributed by atoms with Gasteiger partial charge in [0.05, 0.1) is 11.1 Å². The van der Waals surface area contributed by atoms with E-state index in [1.54, 1.807) is 13.0 Å². The Balaban J connectivity index is 2.26. The molecule has 0 aliphatic heterocycles. The van der Waals surface area contributed by atoms with Crippen LogP contribution in [0.2, 0.25) is 0 Å². The van der Waals surface area contributed by atoms with Crippen molar-refractivity contribution in [1.29, 1.82) is 0 Å². The van der Waals surface area contributed by atoms with E-state index in [-0.39, 0.29) is 17.2 Å². The molecule has 0 atom stereocenters. The summed E-state index contributed by atoms with van der Waals surface area (Å²) in [5.74, 6) is -0.948. The summed E-state index contributed by atoms with van der Waals surface area (Å²) >= 11 is 0. The minimum absolute atomic E-state index is 0.0162. The molecule has 7 heteroatoms. The fraction of sp³-hybridized carbons (Fsp3) is 0.143. The Morgan fingerprint density at radius 3 is 2.48 bits per heavy atom. The number of alkyl halides is 3. The van der Waals surface area contributed by atoms with Gasteiger partial charge >= 0.3 is 12.1 Å². The summed E-state index contributed by atoms with van der Waals surface area (Å²) in [5.41, 5.74) is -0.227. The van der Waals surface area contributed by atoms with Crippen LogP contribution in [-0.2, 0) is 6.18 Å². The first-order valence-electron chi connectivity index (χ1n) is 5.82. The second-order valence-corrected chi connectivity index (χ2v) is 4.27. The third-order valence-corrected chi connectivity index (χ3v) is 2.71. The van der Waals surface area contributed by atoms with Crippen LogP contribution in [0.15, 0.2) is 36.5 Å². The first kappa shape index (κ1) is 14.8. The van der Waals surface area contributed by atoms with Crippen LogP contribution in [0.4, 0.5) is 13.2 Å². The third-order valence-electron chi connectivity index (χ3n) is 2.71. The molecule has 1 N–H and O–H groups in total. The molecule has 0 spiro atoms. The van der Waals surface area contributed by atoms with Crippen LogP contribution in [0.3, 0.4) is 0 Å². The number of aryl methyl sites for hydroxylation is 1. The smallest absolute Gasteiger partial charge is 0.417 e. The molecule has 2 rings (SSSR count). The summed E-state index contributed by atoms with van der Waals surface area (Å²) in [6.07, 6.45) is -3.81. The maximum atomic E-state index is 12.4. The minimum Gasteiger partial charge on any atom is -0.478 e. The van der Waals surface area contributed by atoms with Gasteiger partial charge in [0, 0.05) is 12.3 Å². The summed E-state index contributed by atoms with van der Waals surface area (Å²) < 4.78 is 42.5. The molecule has 0 aliphatic carbocycles.